The highest BCUT2D eigenvalue weighted by Gasteiger charge is 2.44. The summed E-state index contributed by atoms with van der Waals surface area (Å²) in [5, 5.41) is 12.7. The topological polar surface area (TPSA) is 88.7 Å². The van der Waals surface area contributed by atoms with Gasteiger partial charge in [-0.2, -0.15) is 0 Å². The van der Waals surface area contributed by atoms with E-state index in [9.17, 15) is 9.59 Å². The molecular formula is C48H64N6O2. The van der Waals surface area contributed by atoms with Crippen LogP contribution in [0.4, 0.5) is 9.59 Å². The summed E-state index contributed by atoms with van der Waals surface area (Å²) in [6, 6.07) is 29.8. The van der Waals surface area contributed by atoms with E-state index in [-0.39, 0.29) is 24.1 Å². The summed E-state index contributed by atoms with van der Waals surface area (Å²) in [6.07, 6.45) is 18.6. The van der Waals surface area contributed by atoms with Crippen LogP contribution in [-0.2, 0) is 12.8 Å². The highest BCUT2D eigenvalue weighted by Crippen LogP contribution is 2.54. The molecule has 56 heavy (non-hydrogen) atoms. The van der Waals surface area contributed by atoms with Gasteiger partial charge in [0.15, 0.2) is 0 Å². The monoisotopic (exact) mass is 757 g/mol. The van der Waals surface area contributed by atoms with E-state index in [1.807, 2.05) is 0 Å². The number of nitrogens with one attached hydrogen (secondary N) is 4. The van der Waals surface area contributed by atoms with Crippen LogP contribution < -0.4 is 21.3 Å². The third-order valence-electron chi connectivity index (χ3n) is 14.8. The SMILES string of the molecule is O=C(NCCc1cccc(CCNC(=O)NC2CCC(CCN3C4CCC3c3ccccc34)CC2)c1)NC1CCC(CCN2C3CCC2c2ccccc23)CC1. The largest absolute Gasteiger partial charge is 0.338 e. The molecule has 6 aliphatic rings. The first-order chi connectivity index (χ1) is 27.6. The maximum absolute atomic E-state index is 12.8. The van der Waals surface area contributed by atoms with Gasteiger partial charge >= 0.3 is 12.1 Å². The molecule has 4 N–H and O–H groups in total. The zero-order valence-electron chi connectivity index (χ0n) is 33.4. The van der Waals surface area contributed by atoms with E-state index in [2.05, 4.69) is 104 Å². The standard InChI is InChI=1S/C48H64N6O2/c55-47(51-37-16-12-33(13-17-37)26-30-53-43-20-21-44(53)40-9-2-1-8-39(40)43)49-28-24-35-6-5-7-36(32-35)25-29-50-48(56)52-38-18-14-34(15-19-38)27-31-54-45-22-23-46(54)42-11-4-3-10-41(42)45/h1-11,32-34,37-38,43-46H,12-31H2,(H2,49,51,55)(H2,50,52,56). The predicted octanol–water partition coefficient (Wildman–Crippen LogP) is 9.05. The molecule has 9 rings (SSSR count). The molecule has 0 aromatic heterocycles. The molecule has 4 unspecified atom stereocenters. The van der Waals surface area contributed by atoms with E-state index in [4.69, 9.17) is 0 Å². The van der Waals surface area contributed by atoms with E-state index < -0.39 is 0 Å². The lowest BCUT2D eigenvalue weighted by atomic mass is 9.84. The number of carbonyl (C=O) groups excluding carboxylic acids is 2. The van der Waals surface area contributed by atoms with Crippen molar-refractivity contribution in [3.8, 4) is 0 Å². The minimum atomic E-state index is -0.0418. The Labute approximate surface area is 335 Å². The Hall–Kier alpha value is -3.88. The molecule has 4 atom stereocenters. The van der Waals surface area contributed by atoms with Crippen molar-refractivity contribution >= 4 is 12.1 Å². The van der Waals surface area contributed by atoms with Crippen molar-refractivity contribution < 1.29 is 9.59 Å². The van der Waals surface area contributed by atoms with Gasteiger partial charge in [0.25, 0.3) is 0 Å². The van der Waals surface area contributed by atoms with Crippen LogP contribution in [0.3, 0.4) is 0 Å². The Kier molecular flexibility index (Phi) is 11.7. The fourth-order valence-corrected chi connectivity index (χ4v) is 11.8. The average molecular weight is 757 g/mol. The Bertz CT molecular complexity index is 1630. The Balaban J connectivity index is 0.611. The van der Waals surface area contributed by atoms with Gasteiger partial charge in [-0.15, -0.1) is 0 Å². The van der Waals surface area contributed by atoms with E-state index in [1.165, 1.54) is 88.4 Å². The third-order valence-corrected chi connectivity index (χ3v) is 14.8. The highest BCUT2D eigenvalue weighted by molar-refractivity contribution is 5.74. The molecule has 3 aromatic rings. The lowest BCUT2D eigenvalue weighted by molar-refractivity contribution is 0.185. The summed E-state index contributed by atoms with van der Waals surface area (Å²) in [5.41, 5.74) is 8.73. The Morgan fingerprint density at radius 1 is 0.482 bits per heavy atom. The molecule has 4 aliphatic heterocycles. The molecule has 8 heteroatoms. The molecule has 3 aromatic carbocycles. The van der Waals surface area contributed by atoms with Crippen molar-refractivity contribution in [1.29, 1.82) is 0 Å². The maximum atomic E-state index is 12.8. The van der Waals surface area contributed by atoms with E-state index in [0.717, 1.165) is 50.4 Å². The number of rotatable bonds is 14. The molecule has 2 saturated heterocycles. The van der Waals surface area contributed by atoms with Crippen LogP contribution >= 0.6 is 0 Å². The molecule has 0 radical (unpaired) electrons. The van der Waals surface area contributed by atoms with Crippen molar-refractivity contribution in [3.05, 3.63) is 106 Å². The second-order valence-corrected chi connectivity index (χ2v) is 18.1. The molecule has 4 heterocycles. The highest BCUT2D eigenvalue weighted by atomic mass is 16.2. The molecule has 8 nitrogen and oxygen atoms in total. The van der Waals surface area contributed by atoms with Gasteiger partial charge in [0, 0.05) is 49.3 Å². The number of hydrogen-bond acceptors (Lipinski definition) is 4. The number of urea groups is 2. The number of carbonyl (C=O) groups is 2. The molecule has 4 fully saturated rings. The first-order valence-corrected chi connectivity index (χ1v) is 22.4. The van der Waals surface area contributed by atoms with E-state index in [1.54, 1.807) is 22.3 Å². The second-order valence-electron chi connectivity index (χ2n) is 18.1. The van der Waals surface area contributed by atoms with Gasteiger partial charge in [0.1, 0.15) is 0 Å². The van der Waals surface area contributed by atoms with Crippen molar-refractivity contribution in [3.63, 3.8) is 0 Å². The van der Waals surface area contributed by atoms with Crippen LogP contribution in [0.25, 0.3) is 0 Å². The van der Waals surface area contributed by atoms with Gasteiger partial charge in [-0.25, -0.2) is 9.59 Å². The van der Waals surface area contributed by atoms with Crippen LogP contribution in [0, 0.1) is 11.8 Å². The summed E-state index contributed by atoms with van der Waals surface area (Å²) in [5.74, 6) is 1.54. The number of hydrogen-bond donors (Lipinski definition) is 4. The van der Waals surface area contributed by atoms with Gasteiger partial charge in [-0.05, 0) is 161 Å². The number of benzene rings is 3. The molecule has 298 valence electrons. The van der Waals surface area contributed by atoms with Crippen LogP contribution in [0.5, 0.6) is 0 Å². The van der Waals surface area contributed by atoms with Crippen molar-refractivity contribution in [2.45, 2.75) is 139 Å². The first kappa shape index (κ1) is 37.7. The van der Waals surface area contributed by atoms with Crippen molar-refractivity contribution in [2.75, 3.05) is 26.2 Å². The maximum Gasteiger partial charge on any atom is 0.315 e. The zero-order chi connectivity index (χ0) is 37.8. The number of nitrogens with zero attached hydrogens (tertiary/aromatic N) is 2. The summed E-state index contributed by atoms with van der Waals surface area (Å²) in [4.78, 5) is 31.1. The smallest absolute Gasteiger partial charge is 0.315 e. The molecule has 4 amide bonds. The first-order valence-electron chi connectivity index (χ1n) is 22.4. The van der Waals surface area contributed by atoms with Gasteiger partial charge in [0.2, 0.25) is 0 Å². The number of amides is 4. The van der Waals surface area contributed by atoms with Crippen LogP contribution in [0.1, 0.15) is 147 Å². The summed E-state index contributed by atoms with van der Waals surface area (Å²) < 4.78 is 0. The van der Waals surface area contributed by atoms with Gasteiger partial charge in [-0.3, -0.25) is 9.80 Å². The van der Waals surface area contributed by atoms with Crippen molar-refractivity contribution in [1.82, 2.24) is 31.1 Å². The van der Waals surface area contributed by atoms with Gasteiger partial charge in [0.05, 0.1) is 0 Å². The normalized spacial score (nSPS) is 29.1. The molecule has 0 spiro atoms. The van der Waals surface area contributed by atoms with E-state index >= 15 is 0 Å². The Morgan fingerprint density at radius 3 is 1.23 bits per heavy atom. The molecule has 2 saturated carbocycles. The fourth-order valence-electron chi connectivity index (χ4n) is 11.8. The van der Waals surface area contributed by atoms with Crippen LogP contribution in [0.15, 0.2) is 72.8 Å². The van der Waals surface area contributed by atoms with Gasteiger partial charge < -0.3 is 21.3 Å². The zero-order valence-corrected chi connectivity index (χ0v) is 33.4. The lowest BCUT2D eigenvalue weighted by Gasteiger charge is -2.31. The van der Waals surface area contributed by atoms with E-state index in [0.29, 0.717) is 37.3 Å². The second kappa shape index (κ2) is 17.3. The summed E-state index contributed by atoms with van der Waals surface area (Å²) in [7, 11) is 0. The summed E-state index contributed by atoms with van der Waals surface area (Å²) in [6.45, 7) is 3.64. The number of fused-ring (bicyclic) bond motifs is 10. The molecular weight excluding hydrogens is 693 g/mol. The minimum Gasteiger partial charge on any atom is -0.338 e. The predicted molar refractivity (Wildman–Crippen MR) is 223 cm³/mol. The lowest BCUT2D eigenvalue weighted by Crippen LogP contribution is -2.44. The summed E-state index contributed by atoms with van der Waals surface area (Å²) >= 11 is 0. The fraction of sp³-hybridized carbons (Fsp3) is 0.583. The Morgan fingerprint density at radius 2 is 0.857 bits per heavy atom. The molecule has 2 aliphatic carbocycles. The minimum absolute atomic E-state index is 0.0418. The van der Waals surface area contributed by atoms with Crippen LogP contribution in [0.2, 0.25) is 0 Å². The van der Waals surface area contributed by atoms with Gasteiger partial charge in [-0.1, -0.05) is 72.8 Å². The van der Waals surface area contributed by atoms with Crippen LogP contribution in [-0.4, -0.2) is 60.1 Å². The van der Waals surface area contributed by atoms with Crippen molar-refractivity contribution in [2.24, 2.45) is 11.8 Å². The molecule has 4 bridgehead atoms. The quantitative estimate of drug-likeness (QED) is 0.132. The average Bonchev–Trinajstić information content (AvgIpc) is 3.99. The third kappa shape index (κ3) is 8.38.